The zero-order chi connectivity index (χ0) is 16.4. The first kappa shape index (κ1) is 15.1. The standard InChI is InChI=1S/C17H17FN2O3/c1-20-14-7-6-13(21)10-15(14)23-16(20)8-9-19-17(22)11-2-4-12(18)5-3-11/h2-7,10,16,21H,8-9H2,1H3,(H,19,22). The number of hydrogen-bond acceptors (Lipinski definition) is 4. The third kappa shape index (κ3) is 3.21. The molecule has 2 N–H and O–H groups in total. The monoisotopic (exact) mass is 316 g/mol. The second-order valence-electron chi connectivity index (χ2n) is 5.39. The van der Waals surface area contributed by atoms with Crippen LogP contribution >= 0.6 is 0 Å². The SMILES string of the molecule is CN1c2ccc(O)cc2OC1CCNC(=O)c1ccc(F)cc1. The number of carbonyl (C=O) groups excluding carboxylic acids is 1. The van der Waals surface area contributed by atoms with Gasteiger partial charge in [0.05, 0.1) is 5.69 Å². The minimum atomic E-state index is -0.372. The van der Waals surface area contributed by atoms with E-state index in [1.165, 1.54) is 24.3 Å². The molecule has 0 aromatic heterocycles. The predicted octanol–water partition coefficient (Wildman–Crippen LogP) is 2.51. The molecule has 1 heterocycles. The van der Waals surface area contributed by atoms with E-state index in [9.17, 15) is 14.3 Å². The summed E-state index contributed by atoms with van der Waals surface area (Å²) in [7, 11) is 1.90. The summed E-state index contributed by atoms with van der Waals surface area (Å²) in [5, 5.41) is 12.3. The maximum atomic E-state index is 12.8. The Balaban J connectivity index is 1.54. The highest BCUT2D eigenvalue weighted by Crippen LogP contribution is 2.38. The van der Waals surface area contributed by atoms with E-state index < -0.39 is 0 Å². The molecule has 0 fully saturated rings. The molecule has 1 aliphatic heterocycles. The molecule has 0 radical (unpaired) electrons. The summed E-state index contributed by atoms with van der Waals surface area (Å²) in [6.45, 7) is 0.422. The van der Waals surface area contributed by atoms with Crippen molar-refractivity contribution in [2.75, 3.05) is 18.5 Å². The fraction of sp³-hybridized carbons (Fsp3) is 0.235. The average molecular weight is 316 g/mol. The number of carbonyl (C=O) groups is 1. The van der Waals surface area contributed by atoms with Gasteiger partial charge in [0.15, 0.2) is 6.23 Å². The van der Waals surface area contributed by atoms with Crippen molar-refractivity contribution in [1.29, 1.82) is 0 Å². The van der Waals surface area contributed by atoms with Crippen molar-refractivity contribution in [3.8, 4) is 11.5 Å². The van der Waals surface area contributed by atoms with Crippen LogP contribution in [0.5, 0.6) is 11.5 Å². The molecule has 120 valence electrons. The lowest BCUT2D eigenvalue weighted by atomic mass is 10.2. The number of benzene rings is 2. The van der Waals surface area contributed by atoms with Crippen LogP contribution in [-0.4, -0.2) is 30.8 Å². The van der Waals surface area contributed by atoms with E-state index in [1.54, 1.807) is 18.2 Å². The topological polar surface area (TPSA) is 61.8 Å². The van der Waals surface area contributed by atoms with Gasteiger partial charge in [-0.1, -0.05) is 0 Å². The number of fused-ring (bicyclic) bond motifs is 1. The van der Waals surface area contributed by atoms with E-state index in [1.807, 2.05) is 11.9 Å². The highest BCUT2D eigenvalue weighted by atomic mass is 19.1. The van der Waals surface area contributed by atoms with Crippen molar-refractivity contribution in [1.82, 2.24) is 5.32 Å². The zero-order valence-electron chi connectivity index (χ0n) is 12.6. The summed E-state index contributed by atoms with van der Waals surface area (Å²) in [6.07, 6.45) is 0.374. The van der Waals surface area contributed by atoms with E-state index in [4.69, 9.17) is 4.74 Å². The number of phenolic OH excluding ortho intramolecular Hbond substituents is 1. The van der Waals surface area contributed by atoms with Crippen LogP contribution in [-0.2, 0) is 0 Å². The van der Waals surface area contributed by atoms with Gasteiger partial charge in [0, 0.05) is 31.6 Å². The number of phenols is 1. The first-order valence-corrected chi connectivity index (χ1v) is 7.31. The Morgan fingerprint density at radius 2 is 2.04 bits per heavy atom. The summed E-state index contributed by atoms with van der Waals surface area (Å²) < 4.78 is 18.6. The molecule has 1 atom stereocenters. The molecule has 5 nitrogen and oxygen atoms in total. The Morgan fingerprint density at radius 1 is 1.30 bits per heavy atom. The number of amides is 1. The molecule has 1 amide bonds. The summed E-state index contributed by atoms with van der Waals surface area (Å²) >= 11 is 0. The fourth-order valence-corrected chi connectivity index (χ4v) is 2.53. The van der Waals surface area contributed by atoms with Crippen LogP contribution in [0.1, 0.15) is 16.8 Å². The number of halogens is 1. The number of anilines is 1. The fourth-order valence-electron chi connectivity index (χ4n) is 2.53. The lowest BCUT2D eigenvalue weighted by Gasteiger charge is -2.20. The Labute approximate surface area is 133 Å². The maximum Gasteiger partial charge on any atom is 0.251 e. The summed E-state index contributed by atoms with van der Waals surface area (Å²) in [4.78, 5) is 13.9. The zero-order valence-corrected chi connectivity index (χ0v) is 12.6. The minimum absolute atomic E-state index is 0.155. The third-order valence-electron chi connectivity index (χ3n) is 3.80. The van der Waals surface area contributed by atoms with E-state index >= 15 is 0 Å². The molecule has 0 saturated heterocycles. The molecular weight excluding hydrogens is 299 g/mol. The first-order chi connectivity index (χ1) is 11.0. The summed E-state index contributed by atoms with van der Waals surface area (Å²) in [5.74, 6) is 0.161. The van der Waals surface area contributed by atoms with Crippen molar-refractivity contribution in [3.63, 3.8) is 0 Å². The number of ether oxygens (including phenoxy) is 1. The quantitative estimate of drug-likeness (QED) is 0.910. The maximum absolute atomic E-state index is 12.8. The Bertz CT molecular complexity index is 718. The molecule has 6 heteroatoms. The van der Waals surface area contributed by atoms with Crippen LogP contribution in [0.4, 0.5) is 10.1 Å². The molecule has 0 saturated carbocycles. The van der Waals surface area contributed by atoms with Gasteiger partial charge in [-0.25, -0.2) is 4.39 Å². The molecule has 0 aliphatic carbocycles. The number of rotatable bonds is 4. The van der Waals surface area contributed by atoms with Crippen LogP contribution < -0.4 is 15.0 Å². The van der Waals surface area contributed by atoms with Gasteiger partial charge in [-0.3, -0.25) is 4.79 Å². The second kappa shape index (κ2) is 6.16. The van der Waals surface area contributed by atoms with Crippen molar-refractivity contribution < 1.29 is 19.0 Å². The van der Waals surface area contributed by atoms with Crippen molar-refractivity contribution in [3.05, 3.63) is 53.8 Å². The van der Waals surface area contributed by atoms with Crippen molar-refractivity contribution in [2.24, 2.45) is 0 Å². The normalized spacial score (nSPS) is 15.9. The lowest BCUT2D eigenvalue weighted by molar-refractivity contribution is 0.0947. The van der Waals surface area contributed by atoms with Crippen LogP contribution in [0.25, 0.3) is 0 Å². The van der Waals surface area contributed by atoms with Gasteiger partial charge in [0.2, 0.25) is 0 Å². The van der Waals surface area contributed by atoms with Crippen LogP contribution in [0.15, 0.2) is 42.5 Å². The van der Waals surface area contributed by atoms with E-state index in [0.29, 0.717) is 24.3 Å². The Kier molecular flexibility index (Phi) is 4.06. The Hall–Kier alpha value is -2.76. The van der Waals surface area contributed by atoms with Gasteiger partial charge in [-0.15, -0.1) is 0 Å². The first-order valence-electron chi connectivity index (χ1n) is 7.31. The number of nitrogens with zero attached hydrogens (tertiary/aromatic N) is 1. The molecule has 2 aromatic carbocycles. The summed E-state index contributed by atoms with van der Waals surface area (Å²) in [6, 6.07) is 10.4. The van der Waals surface area contributed by atoms with Crippen LogP contribution in [0, 0.1) is 5.82 Å². The average Bonchev–Trinajstić information content (AvgIpc) is 2.83. The molecular formula is C17H17FN2O3. The smallest absolute Gasteiger partial charge is 0.251 e. The molecule has 3 rings (SSSR count). The third-order valence-corrected chi connectivity index (χ3v) is 3.80. The second-order valence-corrected chi connectivity index (χ2v) is 5.39. The highest BCUT2D eigenvalue weighted by molar-refractivity contribution is 5.94. The van der Waals surface area contributed by atoms with Gasteiger partial charge in [-0.2, -0.15) is 0 Å². The van der Waals surface area contributed by atoms with Gasteiger partial charge in [0.1, 0.15) is 17.3 Å². The Morgan fingerprint density at radius 3 is 2.78 bits per heavy atom. The molecule has 1 aliphatic rings. The van der Waals surface area contributed by atoms with E-state index in [0.717, 1.165) is 5.69 Å². The van der Waals surface area contributed by atoms with Gasteiger partial charge in [-0.05, 0) is 36.4 Å². The summed E-state index contributed by atoms with van der Waals surface area (Å²) in [5.41, 5.74) is 1.32. The van der Waals surface area contributed by atoms with Crippen molar-refractivity contribution >= 4 is 11.6 Å². The largest absolute Gasteiger partial charge is 0.508 e. The molecule has 1 unspecified atom stereocenters. The van der Waals surface area contributed by atoms with Crippen LogP contribution in [0.2, 0.25) is 0 Å². The molecule has 2 aromatic rings. The van der Waals surface area contributed by atoms with Gasteiger partial charge in [0.25, 0.3) is 5.91 Å². The highest BCUT2D eigenvalue weighted by Gasteiger charge is 2.27. The minimum Gasteiger partial charge on any atom is -0.508 e. The van der Waals surface area contributed by atoms with Gasteiger partial charge < -0.3 is 20.1 Å². The van der Waals surface area contributed by atoms with E-state index in [2.05, 4.69) is 5.32 Å². The molecule has 23 heavy (non-hydrogen) atoms. The predicted molar refractivity (Wildman–Crippen MR) is 84.3 cm³/mol. The van der Waals surface area contributed by atoms with E-state index in [-0.39, 0.29) is 23.7 Å². The molecule has 0 bridgehead atoms. The van der Waals surface area contributed by atoms with Crippen molar-refractivity contribution in [2.45, 2.75) is 12.6 Å². The lowest BCUT2D eigenvalue weighted by Crippen LogP contribution is -2.35. The van der Waals surface area contributed by atoms with Gasteiger partial charge >= 0.3 is 0 Å². The number of hydrogen-bond donors (Lipinski definition) is 2. The molecule has 0 spiro atoms. The number of nitrogens with one attached hydrogen (secondary N) is 1. The number of aromatic hydroxyl groups is 1. The van der Waals surface area contributed by atoms with Crippen LogP contribution in [0.3, 0.4) is 0 Å².